The van der Waals surface area contributed by atoms with E-state index in [0.717, 1.165) is 32.2 Å². The molecule has 0 aliphatic rings. The number of hydrogen-bond donors (Lipinski definition) is 1. The predicted octanol–water partition coefficient (Wildman–Crippen LogP) is 3.71. The summed E-state index contributed by atoms with van der Waals surface area (Å²) in [5, 5.41) is 3.75. The second kappa shape index (κ2) is 6.37. The number of benzene rings is 1. The number of nitrogens with zero attached hydrogens (tertiary/aromatic N) is 4. The maximum Gasteiger partial charge on any atom is 0.275 e. The summed E-state index contributed by atoms with van der Waals surface area (Å²) >= 11 is 1.52. The molecule has 1 N–H and O–H groups in total. The largest absolute Gasteiger partial charge is 0.320 e. The van der Waals surface area contributed by atoms with Gasteiger partial charge in [-0.1, -0.05) is 23.5 Å². The fourth-order valence-corrected chi connectivity index (χ4v) is 3.29. The van der Waals surface area contributed by atoms with E-state index in [1.165, 1.54) is 29.9 Å². The lowest BCUT2D eigenvalue weighted by Crippen LogP contribution is -2.14. The predicted molar refractivity (Wildman–Crippen MR) is 97.6 cm³/mol. The van der Waals surface area contributed by atoms with Gasteiger partial charge in [0.05, 0.1) is 6.20 Å². The van der Waals surface area contributed by atoms with E-state index in [2.05, 4.69) is 25.3 Å². The van der Waals surface area contributed by atoms with Gasteiger partial charge in [-0.3, -0.25) is 9.78 Å². The third kappa shape index (κ3) is 3.09. The molecule has 0 bridgehead atoms. The molecule has 1 aromatic carbocycles. The van der Waals surface area contributed by atoms with Gasteiger partial charge in [0, 0.05) is 29.8 Å². The van der Waals surface area contributed by atoms with Crippen LogP contribution in [0.1, 0.15) is 16.1 Å². The number of thiazole rings is 1. The summed E-state index contributed by atoms with van der Waals surface area (Å²) in [5.41, 5.74) is 3.76. The van der Waals surface area contributed by atoms with Gasteiger partial charge in [-0.05, 0) is 30.7 Å². The van der Waals surface area contributed by atoms with E-state index in [-0.39, 0.29) is 11.6 Å². The third-order valence-electron chi connectivity index (χ3n) is 3.69. The molecule has 7 heteroatoms. The molecule has 1 amide bonds. The normalized spacial score (nSPS) is 10.8. The van der Waals surface area contributed by atoms with Crippen LogP contribution in [-0.4, -0.2) is 25.8 Å². The molecule has 0 aliphatic heterocycles. The number of hydrogen-bond acceptors (Lipinski definition) is 6. The van der Waals surface area contributed by atoms with Crippen LogP contribution in [0, 0.1) is 6.92 Å². The van der Waals surface area contributed by atoms with Crippen LogP contribution in [0.2, 0.25) is 0 Å². The molecule has 6 nitrogen and oxygen atoms in total. The van der Waals surface area contributed by atoms with Crippen molar-refractivity contribution >= 4 is 33.3 Å². The summed E-state index contributed by atoms with van der Waals surface area (Å²) in [6, 6.07) is 9.67. The van der Waals surface area contributed by atoms with Crippen molar-refractivity contribution in [2.24, 2.45) is 0 Å². The van der Waals surface area contributed by atoms with Crippen molar-refractivity contribution in [2.75, 3.05) is 5.32 Å². The second-order valence-electron chi connectivity index (χ2n) is 5.42. The Bertz CT molecular complexity index is 1030. The minimum atomic E-state index is -0.292. The molecule has 0 saturated carbocycles. The Morgan fingerprint density at radius 2 is 2.04 bits per heavy atom. The Labute approximate surface area is 147 Å². The number of carbonyl (C=O) groups excluding carboxylic acids is 1. The van der Waals surface area contributed by atoms with E-state index >= 15 is 0 Å². The molecular weight excluding hydrogens is 334 g/mol. The highest BCUT2D eigenvalue weighted by Crippen LogP contribution is 2.31. The lowest BCUT2D eigenvalue weighted by molar-refractivity contribution is 0.102. The Kier molecular flexibility index (Phi) is 3.91. The fourth-order valence-electron chi connectivity index (χ4n) is 2.39. The lowest BCUT2D eigenvalue weighted by Gasteiger charge is -2.09. The summed E-state index contributed by atoms with van der Waals surface area (Å²) in [7, 11) is 0. The van der Waals surface area contributed by atoms with Crippen LogP contribution in [-0.2, 0) is 0 Å². The molecule has 0 spiro atoms. The zero-order chi connectivity index (χ0) is 17.2. The molecule has 3 heterocycles. The van der Waals surface area contributed by atoms with Crippen LogP contribution in [0.5, 0.6) is 0 Å². The van der Waals surface area contributed by atoms with E-state index in [9.17, 15) is 4.79 Å². The van der Waals surface area contributed by atoms with Gasteiger partial charge in [0.15, 0.2) is 0 Å². The molecule has 3 aromatic heterocycles. The number of rotatable bonds is 3. The van der Waals surface area contributed by atoms with E-state index < -0.39 is 0 Å². The molecular formula is C18H13N5OS. The Morgan fingerprint density at radius 3 is 2.84 bits per heavy atom. The molecule has 0 radical (unpaired) electrons. The lowest BCUT2D eigenvalue weighted by atomic mass is 10.1. The number of aryl methyl sites for hydroxylation is 1. The van der Waals surface area contributed by atoms with Crippen LogP contribution in [0.25, 0.3) is 20.9 Å². The first kappa shape index (κ1) is 15.3. The van der Waals surface area contributed by atoms with Gasteiger partial charge in [0.1, 0.15) is 21.0 Å². The van der Waals surface area contributed by atoms with Crippen molar-refractivity contribution in [3.05, 3.63) is 66.4 Å². The number of carbonyl (C=O) groups is 1. The van der Waals surface area contributed by atoms with E-state index in [0.29, 0.717) is 0 Å². The molecule has 0 fully saturated rings. The summed E-state index contributed by atoms with van der Waals surface area (Å²) in [5.74, 6) is -0.292. The van der Waals surface area contributed by atoms with E-state index in [1.807, 2.05) is 37.3 Å². The van der Waals surface area contributed by atoms with Gasteiger partial charge in [0.2, 0.25) is 0 Å². The maximum atomic E-state index is 12.3. The van der Waals surface area contributed by atoms with Crippen LogP contribution in [0.4, 0.5) is 5.69 Å². The highest BCUT2D eigenvalue weighted by atomic mass is 32.1. The summed E-state index contributed by atoms with van der Waals surface area (Å²) < 4.78 is 0. The van der Waals surface area contributed by atoms with Crippen LogP contribution < -0.4 is 5.32 Å². The highest BCUT2D eigenvalue weighted by Gasteiger charge is 2.12. The van der Waals surface area contributed by atoms with Crippen molar-refractivity contribution in [1.29, 1.82) is 0 Å². The maximum absolute atomic E-state index is 12.3. The summed E-state index contributed by atoms with van der Waals surface area (Å²) in [6.07, 6.45) is 6.22. The SMILES string of the molecule is Cc1ccc(-c2nc3cccnc3s2)cc1NC(=O)c1cnccn1. The standard InChI is InChI=1S/C18H13N5OS/c1-11-4-5-12(17-23-13-3-2-6-21-18(13)25-17)9-14(11)22-16(24)15-10-19-7-8-20-15/h2-10H,1H3,(H,22,24). The smallest absolute Gasteiger partial charge is 0.275 e. The number of anilines is 1. The molecule has 122 valence electrons. The number of pyridine rings is 1. The fraction of sp³-hybridized carbons (Fsp3) is 0.0556. The van der Waals surface area contributed by atoms with Gasteiger partial charge in [-0.2, -0.15) is 0 Å². The molecule has 0 atom stereocenters. The average molecular weight is 347 g/mol. The average Bonchev–Trinajstić information content (AvgIpc) is 3.08. The second-order valence-corrected chi connectivity index (χ2v) is 6.40. The van der Waals surface area contributed by atoms with Crippen molar-refractivity contribution in [1.82, 2.24) is 19.9 Å². The van der Waals surface area contributed by atoms with Crippen molar-refractivity contribution < 1.29 is 4.79 Å². The molecule has 25 heavy (non-hydrogen) atoms. The van der Waals surface area contributed by atoms with Gasteiger partial charge in [-0.25, -0.2) is 15.0 Å². The zero-order valence-corrected chi connectivity index (χ0v) is 14.1. The Morgan fingerprint density at radius 1 is 1.12 bits per heavy atom. The van der Waals surface area contributed by atoms with Crippen molar-refractivity contribution in [3.8, 4) is 10.6 Å². The number of nitrogens with one attached hydrogen (secondary N) is 1. The van der Waals surface area contributed by atoms with E-state index in [1.54, 1.807) is 6.20 Å². The Balaban J connectivity index is 1.67. The van der Waals surface area contributed by atoms with Crippen LogP contribution >= 0.6 is 11.3 Å². The Hall–Kier alpha value is -3.19. The van der Waals surface area contributed by atoms with E-state index in [4.69, 9.17) is 0 Å². The first-order chi connectivity index (χ1) is 12.2. The van der Waals surface area contributed by atoms with Crippen molar-refractivity contribution in [2.45, 2.75) is 6.92 Å². The minimum absolute atomic E-state index is 0.275. The number of aromatic nitrogens is 4. The minimum Gasteiger partial charge on any atom is -0.320 e. The van der Waals surface area contributed by atoms with Gasteiger partial charge in [-0.15, -0.1) is 0 Å². The zero-order valence-electron chi connectivity index (χ0n) is 13.3. The number of fused-ring (bicyclic) bond motifs is 1. The highest BCUT2D eigenvalue weighted by molar-refractivity contribution is 7.21. The van der Waals surface area contributed by atoms with Crippen LogP contribution in [0.3, 0.4) is 0 Å². The van der Waals surface area contributed by atoms with Gasteiger partial charge in [0.25, 0.3) is 5.91 Å². The topological polar surface area (TPSA) is 80.7 Å². The van der Waals surface area contributed by atoms with Crippen molar-refractivity contribution in [3.63, 3.8) is 0 Å². The van der Waals surface area contributed by atoms with Gasteiger partial charge < -0.3 is 5.32 Å². The summed E-state index contributed by atoms with van der Waals surface area (Å²) in [6.45, 7) is 1.94. The number of amides is 1. The monoisotopic (exact) mass is 347 g/mol. The van der Waals surface area contributed by atoms with Gasteiger partial charge >= 0.3 is 0 Å². The summed E-state index contributed by atoms with van der Waals surface area (Å²) in [4.78, 5) is 30.1. The first-order valence-corrected chi connectivity index (χ1v) is 8.42. The van der Waals surface area contributed by atoms with Crippen LogP contribution in [0.15, 0.2) is 55.1 Å². The first-order valence-electron chi connectivity index (χ1n) is 7.60. The molecule has 4 rings (SSSR count). The molecule has 4 aromatic rings. The molecule has 0 aliphatic carbocycles. The quantitative estimate of drug-likeness (QED) is 0.611. The molecule has 0 saturated heterocycles. The molecule has 0 unspecified atom stereocenters. The third-order valence-corrected chi connectivity index (χ3v) is 4.72.